The summed E-state index contributed by atoms with van der Waals surface area (Å²) in [6, 6.07) is 7.05. The number of hydrogen-bond donors (Lipinski definition) is 0. The zero-order valence-corrected chi connectivity index (χ0v) is 16.9. The molecule has 0 saturated carbocycles. The number of carbonyl (C=O) groups excluding carboxylic acids is 1. The number of allylic oxidation sites excluding steroid dienone is 3. The molecule has 4 nitrogen and oxygen atoms in total. The molecule has 1 unspecified atom stereocenters. The van der Waals surface area contributed by atoms with Crippen LogP contribution < -0.4 is 0 Å². The standard InChI is InChI=1S/C17H15Br2NO3S/c1-17(9-5-4-8-16(17)19)24(22,23)20-11-13(15(21)10-18)12-6-2-3-7-14(12)20/h2-8,11H,9-10H2,1H3. The third kappa shape index (κ3) is 2.53. The number of aromatic nitrogens is 1. The highest BCUT2D eigenvalue weighted by Crippen LogP contribution is 2.39. The average Bonchev–Trinajstić information content (AvgIpc) is 2.97. The summed E-state index contributed by atoms with van der Waals surface area (Å²) < 4.78 is 27.5. The molecular weight excluding hydrogens is 458 g/mol. The van der Waals surface area contributed by atoms with Crippen LogP contribution in [0, 0.1) is 0 Å². The molecule has 3 rings (SSSR count). The number of rotatable bonds is 4. The maximum absolute atomic E-state index is 13.4. The molecule has 0 N–H and O–H groups in total. The van der Waals surface area contributed by atoms with Gasteiger partial charge in [-0.3, -0.25) is 4.79 Å². The van der Waals surface area contributed by atoms with Crippen LogP contribution >= 0.6 is 31.9 Å². The fraction of sp³-hybridized carbons (Fsp3) is 0.235. The van der Waals surface area contributed by atoms with E-state index in [0.717, 1.165) is 0 Å². The van der Waals surface area contributed by atoms with Gasteiger partial charge in [-0.25, -0.2) is 12.4 Å². The fourth-order valence-electron chi connectivity index (χ4n) is 2.81. The Hall–Kier alpha value is -1.18. The van der Waals surface area contributed by atoms with Crippen molar-refractivity contribution >= 4 is 58.6 Å². The Labute approximate surface area is 157 Å². The maximum Gasteiger partial charge on any atom is 0.249 e. The predicted molar refractivity (Wildman–Crippen MR) is 104 cm³/mol. The van der Waals surface area contributed by atoms with Crippen LogP contribution in [0.15, 0.2) is 53.2 Å². The van der Waals surface area contributed by atoms with Gasteiger partial charge < -0.3 is 0 Å². The third-order valence-electron chi connectivity index (χ3n) is 4.32. The number of fused-ring (bicyclic) bond motifs is 1. The summed E-state index contributed by atoms with van der Waals surface area (Å²) in [5.74, 6) is -0.150. The van der Waals surface area contributed by atoms with Crippen LogP contribution in [0.3, 0.4) is 0 Å². The summed E-state index contributed by atoms with van der Waals surface area (Å²) >= 11 is 6.56. The number of Topliss-reactive ketones (excluding diaryl/α,β-unsaturated/α-hetero) is 1. The monoisotopic (exact) mass is 471 g/mol. The van der Waals surface area contributed by atoms with E-state index in [-0.39, 0.29) is 11.1 Å². The van der Waals surface area contributed by atoms with Gasteiger partial charge in [-0.2, -0.15) is 0 Å². The highest BCUT2D eigenvalue weighted by atomic mass is 79.9. The Bertz CT molecular complexity index is 988. The van der Waals surface area contributed by atoms with Crippen molar-refractivity contribution in [2.24, 2.45) is 0 Å². The van der Waals surface area contributed by atoms with Crippen molar-refractivity contribution in [3.63, 3.8) is 0 Å². The highest BCUT2D eigenvalue weighted by molar-refractivity contribution is 9.12. The van der Waals surface area contributed by atoms with E-state index in [1.54, 1.807) is 37.3 Å². The topological polar surface area (TPSA) is 56.1 Å². The van der Waals surface area contributed by atoms with E-state index in [1.165, 1.54) is 10.2 Å². The quantitative estimate of drug-likeness (QED) is 0.489. The van der Waals surface area contributed by atoms with Crippen LogP contribution in [0.5, 0.6) is 0 Å². The molecule has 1 aromatic carbocycles. The van der Waals surface area contributed by atoms with Gasteiger partial charge in [0.15, 0.2) is 5.78 Å². The minimum Gasteiger partial charge on any atom is -0.293 e. The maximum atomic E-state index is 13.4. The van der Waals surface area contributed by atoms with Crippen LogP contribution in [0.4, 0.5) is 0 Å². The number of hydrogen-bond acceptors (Lipinski definition) is 3. The second-order valence-electron chi connectivity index (χ2n) is 5.80. The number of ketones is 1. The van der Waals surface area contributed by atoms with Crippen LogP contribution in [-0.4, -0.2) is 28.3 Å². The van der Waals surface area contributed by atoms with E-state index in [2.05, 4.69) is 31.9 Å². The van der Waals surface area contributed by atoms with Crippen LogP contribution in [0.25, 0.3) is 10.9 Å². The Morgan fingerprint density at radius 1 is 1.33 bits per heavy atom. The van der Waals surface area contributed by atoms with Crippen molar-refractivity contribution in [2.45, 2.75) is 18.1 Å². The van der Waals surface area contributed by atoms with Crippen molar-refractivity contribution in [3.05, 3.63) is 58.7 Å². The van der Waals surface area contributed by atoms with Crippen molar-refractivity contribution in [1.82, 2.24) is 3.97 Å². The summed E-state index contributed by atoms with van der Waals surface area (Å²) in [7, 11) is -3.78. The number of benzene rings is 1. The first-order valence-electron chi connectivity index (χ1n) is 7.30. The Morgan fingerprint density at radius 2 is 2.04 bits per heavy atom. The minimum atomic E-state index is -3.78. The fourth-order valence-corrected chi connectivity index (χ4v) is 5.76. The molecule has 0 fully saturated rings. The lowest BCUT2D eigenvalue weighted by molar-refractivity contribution is 0.102. The van der Waals surface area contributed by atoms with E-state index in [1.807, 2.05) is 12.2 Å². The van der Waals surface area contributed by atoms with Gasteiger partial charge in [0.05, 0.1) is 10.8 Å². The second-order valence-corrected chi connectivity index (χ2v) is 9.45. The highest BCUT2D eigenvalue weighted by Gasteiger charge is 2.43. The number of para-hydroxylation sites is 1. The van der Waals surface area contributed by atoms with Gasteiger partial charge in [0, 0.05) is 21.6 Å². The molecule has 2 aromatic rings. The molecule has 0 spiro atoms. The van der Waals surface area contributed by atoms with Crippen LogP contribution in [0.2, 0.25) is 0 Å². The first-order chi connectivity index (χ1) is 11.3. The zero-order chi connectivity index (χ0) is 17.5. The molecule has 1 atom stereocenters. The molecule has 1 aliphatic rings. The van der Waals surface area contributed by atoms with E-state index in [4.69, 9.17) is 0 Å². The Kier molecular flexibility index (Phi) is 4.61. The third-order valence-corrected chi connectivity index (χ3v) is 8.58. The van der Waals surface area contributed by atoms with Gasteiger partial charge in [-0.05, 0) is 19.4 Å². The van der Waals surface area contributed by atoms with E-state index >= 15 is 0 Å². The van der Waals surface area contributed by atoms with Gasteiger partial charge in [-0.1, -0.05) is 68.3 Å². The van der Waals surface area contributed by atoms with Crippen molar-refractivity contribution in [1.29, 1.82) is 0 Å². The zero-order valence-electron chi connectivity index (χ0n) is 12.9. The molecule has 1 aromatic heterocycles. The second kappa shape index (κ2) is 6.28. The number of carbonyl (C=O) groups is 1. The molecule has 1 heterocycles. The minimum absolute atomic E-state index is 0.144. The van der Waals surface area contributed by atoms with Gasteiger partial charge in [0.25, 0.3) is 0 Å². The molecule has 0 aliphatic heterocycles. The first-order valence-corrected chi connectivity index (χ1v) is 10.7. The number of alkyl halides is 1. The van der Waals surface area contributed by atoms with Gasteiger partial charge in [0.2, 0.25) is 10.0 Å². The van der Waals surface area contributed by atoms with Gasteiger partial charge in [0.1, 0.15) is 4.75 Å². The molecule has 7 heteroatoms. The average molecular weight is 473 g/mol. The summed E-state index contributed by atoms with van der Waals surface area (Å²) in [6.07, 6.45) is 7.21. The SMILES string of the molecule is CC1(S(=O)(=O)n2cc(C(=O)CBr)c3ccccc32)CC=CC=C1Br. The van der Waals surface area contributed by atoms with Crippen molar-refractivity contribution < 1.29 is 13.2 Å². The molecular formula is C17H15Br2NO3S. The van der Waals surface area contributed by atoms with E-state index in [9.17, 15) is 13.2 Å². The van der Waals surface area contributed by atoms with Crippen molar-refractivity contribution in [2.75, 3.05) is 5.33 Å². The smallest absolute Gasteiger partial charge is 0.249 e. The molecule has 126 valence electrons. The van der Waals surface area contributed by atoms with Gasteiger partial charge >= 0.3 is 0 Å². The number of halogens is 2. The van der Waals surface area contributed by atoms with Crippen LogP contribution in [-0.2, 0) is 10.0 Å². The van der Waals surface area contributed by atoms with Crippen molar-refractivity contribution in [3.8, 4) is 0 Å². The summed E-state index contributed by atoms with van der Waals surface area (Å²) in [5.41, 5.74) is 0.916. The predicted octanol–water partition coefficient (Wildman–Crippen LogP) is 4.39. The Morgan fingerprint density at radius 3 is 2.71 bits per heavy atom. The lowest BCUT2D eigenvalue weighted by Crippen LogP contribution is -2.40. The lowest BCUT2D eigenvalue weighted by Gasteiger charge is -2.30. The normalized spacial score (nSPS) is 21.0. The Balaban J connectivity index is 2.28. The first kappa shape index (κ1) is 17.6. The summed E-state index contributed by atoms with van der Waals surface area (Å²) in [5, 5.41) is 0.783. The van der Waals surface area contributed by atoms with Crippen LogP contribution in [0.1, 0.15) is 23.7 Å². The van der Waals surface area contributed by atoms with E-state index in [0.29, 0.717) is 27.4 Å². The number of nitrogens with zero attached hydrogens (tertiary/aromatic N) is 1. The molecule has 0 amide bonds. The summed E-state index contributed by atoms with van der Waals surface area (Å²) in [6.45, 7) is 1.69. The van der Waals surface area contributed by atoms with Gasteiger partial charge in [-0.15, -0.1) is 0 Å². The molecule has 0 bridgehead atoms. The molecule has 24 heavy (non-hydrogen) atoms. The summed E-state index contributed by atoms with van der Waals surface area (Å²) in [4.78, 5) is 12.2. The largest absolute Gasteiger partial charge is 0.293 e. The van der Waals surface area contributed by atoms with E-state index < -0.39 is 14.8 Å². The molecule has 0 saturated heterocycles. The molecule has 0 radical (unpaired) electrons. The lowest BCUT2D eigenvalue weighted by atomic mass is 10.0. The molecule has 1 aliphatic carbocycles.